The maximum absolute atomic E-state index is 12.8. The third-order valence-electron chi connectivity index (χ3n) is 3.53. The topological polar surface area (TPSA) is 115 Å². The molecule has 8 nitrogen and oxygen atoms in total. The van der Waals surface area contributed by atoms with E-state index in [1.807, 2.05) is 4.98 Å². The Morgan fingerprint density at radius 1 is 1.26 bits per heavy atom. The van der Waals surface area contributed by atoms with E-state index in [4.69, 9.17) is 0 Å². The standard InChI is InChI=1S/C12H11F3N4O4/c1-3-5(2)8-6(18(20)21)4-7(19(22)23)9-10(8)17-11(16-9)12(13,14)15/h4-5H,3H2,1-2H3,(H,16,17). The van der Waals surface area contributed by atoms with Gasteiger partial charge in [0.05, 0.1) is 27.0 Å². The number of nitrogens with one attached hydrogen (secondary N) is 1. The summed E-state index contributed by atoms with van der Waals surface area (Å²) in [4.78, 5) is 25.6. The van der Waals surface area contributed by atoms with Crippen LogP contribution in [0.2, 0.25) is 0 Å². The van der Waals surface area contributed by atoms with Crippen LogP contribution >= 0.6 is 0 Å². The van der Waals surface area contributed by atoms with Gasteiger partial charge < -0.3 is 4.98 Å². The van der Waals surface area contributed by atoms with E-state index >= 15 is 0 Å². The maximum atomic E-state index is 12.8. The summed E-state index contributed by atoms with van der Waals surface area (Å²) in [5.41, 5.74) is -2.33. The first-order valence-electron chi connectivity index (χ1n) is 6.50. The van der Waals surface area contributed by atoms with Gasteiger partial charge in [-0.15, -0.1) is 0 Å². The van der Waals surface area contributed by atoms with Gasteiger partial charge >= 0.3 is 11.9 Å². The first-order chi connectivity index (χ1) is 10.6. The third-order valence-corrected chi connectivity index (χ3v) is 3.53. The molecular weight excluding hydrogens is 321 g/mol. The molecule has 0 bridgehead atoms. The smallest absolute Gasteiger partial charge is 0.334 e. The number of rotatable bonds is 4. The number of nitrogens with zero attached hydrogens (tertiary/aromatic N) is 3. The van der Waals surface area contributed by atoms with E-state index in [9.17, 15) is 33.4 Å². The molecule has 1 unspecified atom stereocenters. The number of hydrogen-bond acceptors (Lipinski definition) is 5. The third kappa shape index (κ3) is 2.81. The molecule has 0 amide bonds. The number of hydrogen-bond donors (Lipinski definition) is 1. The van der Waals surface area contributed by atoms with Gasteiger partial charge in [0.1, 0.15) is 0 Å². The molecule has 124 valence electrons. The Kier molecular flexibility index (Phi) is 3.97. The molecule has 0 saturated carbocycles. The number of aromatic nitrogens is 2. The van der Waals surface area contributed by atoms with Crippen molar-refractivity contribution in [2.75, 3.05) is 0 Å². The van der Waals surface area contributed by atoms with E-state index in [1.54, 1.807) is 13.8 Å². The number of non-ortho nitro benzene ring substituents is 1. The quantitative estimate of drug-likeness (QED) is 0.673. The molecule has 0 radical (unpaired) electrons. The molecule has 11 heteroatoms. The summed E-state index contributed by atoms with van der Waals surface area (Å²) < 4.78 is 38.5. The summed E-state index contributed by atoms with van der Waals surface area (Å²) in [6, 6.07) is 0.658. The van der Waals surface area contributed by atoms with Gasteiger partial charge in [0.2, 0.25) is 5.82 Å². The van der Waals surface area contributed by atoms with Crippen LogP contribution in [0.3, 0.4) is 0 Å². The van der Waals surface area contributed by atoms with E-state index in [-0.39, 0.29) is 11.1 Å². The Hall–Kier alpha value is -2.72. The van der Waals surface area contributed by atoms with Gasteiger partial charge in [0, 0.05) is 0 Å². The minimum absolute atomic E-state index is 0.0268. The highest BCUT2D eigenvalue weighted by Gasteiger charge is 2.38. The number of fused-ring (bicyclic) bond motifs is 1. The van der Waals surface area contributed by atoms with Crippen LogP contribution in [0.1, 0.15) is 37.6 Å². The molecule has 2 rings (SSSR count). The molecule has 1 aromatic carbocycles. The van der Waals surface area contributed by atoms with Crippen LogP contribution in [0.5, 0.6) is 0 Å². The molecule has 23 heavy (non-hydrogen) atoms. The van der Waals surface area contributed by atoms with Crippen molar-refractivity contribution >= 4 is 22.4 Å². The molecule has 0 fully saturated rings. The van der Waals surface area contributed by atoms with Gasteiger partial charge in [-0.3, -0.25) is 20.2 Å². The lowest BCUT2D eigenvalue weighted by Gasteiger charge is -2.10. The summed E-state index contributed by atoms with van der Waals surface area (Å²) in [6.45, 7) is 3.28. The van der Waals surface area contributed by atoms with Crippen molar-refractivity contribution in [3.05, 3.63) is 37.7 Å². The van der Waals surface area contributed by atoms with Crippen molar-refractivity contribution in [2.45, 2.75) is 32.4 Å². The van der Waals surface area contributed by atoms with Crippen molar-refractivity contribution in [3.8, 4) is 0 Å². The van der Waals surface area contributed by atoms with Gasteiger partial charge in [-0.1, -0.05) is 13.8 Å². The summed E-state index contributed by atoms with van der Waals surface area (Å²) in [5.74, 6) is -1.92. The zero-order valence-corrected chi connectivity index (χ0v) is 12.0. The summed E-state index contributed by atoms with van der Waals surface area (Å²) in [7, 11) is 0. The maximum Gasteiger partial charge on any atom is 0.449 e. The number of H-pyrrole nitrogens is 1. The number of nitro benzene ring substituents is 2. The fourth-order valence-electron chi connectivity index (χ4n) is 2.28. The summed E-state index contributed by atoms with van der Waals surface area (Å²) in [5, 5.41) is 22.2. The van der Waals surface area contributed by atoms with Gasteiger partial charge in [0.15, 0.2) is 5.52 Å². The second kappa shape index (κ2) is 5.48. The lowest BCUT2D eigenvalue weighted by molar-refractivity contribution is -0.393. The van der Waals surface area contributed by atoms with Gasteiger partial charge in [0.25, 0.3) is 5.69 Å². The van der Waals surface area contributed by atoms with E-state index in [1.165, 1.54) is 0 Å². The van der Waals surface area contributed by atoms with Crippen LogP contribution in [0.4, 0.5) is 24.5 Å². The zero-order valence-electron chi connectivity index (χ0n) is 12.0. The number of aromatic amines is 1. The monoisotopic (exact) mass is 332 g/mol. The average Bonchev–Trinajstić information content (AvgIpc) is 2.88. The molecule has 0 spiro atoms. The van der Waals surface area contributed by atoms with Crippen LogP contribution in [0, 0.1) is 20.2 Å². The number of alkyl halides is 3. The van der Waals surface area contributed by atoms with Crippen molar-refractivity contribution in [3.63, 3.8) is 0 Å². The van der Waals surface area contributed by atoms with Crippen molar-refractivity contribution in [1.82, 2.24) is 9.97 Å². The average molecular weight is 332 g/mol. The second-order valence-electron chi connectivity index (χ2n) is 4.96. The molecule has 2 aromatic rings. The SMILES string of the molecule is CCC(C)c1c([N+](=O)[O-])cc([N+](=O)[O-])c2nc(C(F)(F)F)[nH]c12. The lowest BCUT2D eigenvalue weighted by Crippen LogP contribution is -2.07. The van der Waals surface area contributed by atoms with Crippen LogP contribution in [-0.4, -0.2) is 19.8 Å². The Labute approximate surface area is 126 Å². The Morgan fingerprint density at radius 3 is 2.26 bits per heavy atom. The van der Waals surface area contributed by atoms with Crippen molar-refractivity contribution in [1.29, 1.82) is 0 Å². The first kappa shape index (κ1) is 16.6. The van der Waals surface area contributed by atoms with Gasteiger partial charge in [-0.05, 0) is 12.3 Å². The van der Waals surface area contributed by atoms with E-state index in [2.05, 4.69) is 4.98 Å². The molecule has 0 aliphatic rings. The molecule has 0 saturated heterocycles. The Balaban J connectivity index is 2.97. The number of halogens is 3. The normalized spacial score (nSPS) is 13.3. The van der Waals surface area contributed by atoms with E-state index in [0.717, 1.165) is 0 Å². The lowest BCUT2D eigenvalue weighted by atomic mass is 9.95. The molecule has 0 aliphatic carbocycles. The minimum Gasteiger partial charge on any atom is -0.334 e. The molecule has 0 aliphatic heterocycles. The zero-order chi connectivity index (χ0) is 17.5. The van der Waals surface area contributed by atoms with Crippen LogP contribution in [0.15, 0.2) is 6.07 Å². The predicted molar refractivity (Wildman–Crippen MR) is 73.1 cm³/mol. The minimum atomic E-state index is -4.85. The van der Waals surface area contributed by atoms with Crippen LogP contribution in [-0.2, 0) is 6.18 Å². The largest absolute Gasteiger partial charge is 0.449 e. The fourth-order valence-corrected chi connectivity index (χ4v) is 2.28. The van der Waals surface area contributed by atoms with Crippen molar-refractivity contribution < 1.29 is 23.0 Å². The first-order valence-corrected chi connectivity index (χ1v) is 6.50. The van der Waals surface area contributed by atoms with E-state index in [0.29, 0.717) is 12.5 Å². The fraction of sp³-hybridized carbons (Fsp3) is 0.417. The molecule has 1 N–H and O–H groups in total. The van der Waals surface area contributed by atoms with Gasteiger partial charge in [-0.25, -0.2) is 4.98 Å². The van der Waals surface area contributed by atoms with Crippen LogP contribution in [0.25, 0.3) is 11.0 Å². The predicted octanol–water partition coefficient (Wildman–Crippen LogP) is 3.91. The molecule has 1 aromatic heterocycles. The highest BCUT2D eigenvalue weighted by Crippen LogP contribution is 2.41. The van der Waals surface area contributed by atoms with Crippen LogP contribution < -0.4 is 0 Å². The second-order valence-corrected chi connectivity index (χ2v) is 4.96. The molecular formula is C12H11F3N4O4. The molecule has 1 heterocycles. The number of nitro groups is 2. The number of imidazole rings is 1. The highest BCUT2D eigenvalue weighted by atomic mass is 19.4. The molecule has 1 atom stereocenters. The van der Waals surface area contributed by atoms with Gasteiger partial charge in [-0.2, -0.15) is 13.2 Å². The summed E-state index contributed by atoms with van der Waals surface area (Å²) >= 11 is 0. The Morgan fingerprint density at radius 2 is 1.83 bits per heavy atom. The summed E-state index contributed by atoms with van der Waals surface area (Å²) in [6.07, 6.45) is -4.46. The number of benzene rings is 1. The van der Waals surface area contributed by atoms with E-state index < -0.39 is 44.7 Å². The highest BCUT2D eigenvalue weighted by molar-refractivity contribution is 5.91. The van der Waals surface area contributed by atoms with Crippen molar-refractivity contribution in [2.24, 2.45) is 0 Å². The Bertz CT molecular complexity index is 800.